The van der Waals surface area contributed by atoms with Crippen molar-refractivity contribution in [2.75, 3.05) is 6.61 Å². The molecule has 0 heterocycles. The highest BCUT2D eigenvalue weighted by Crippen LogP contribution is 2.25. The van der Waals surface area contributed by atoms with E-state index in [0.717, 1.165) is 12.8 Å². The molecule has 0 radical (unpaired) electrons. The minimum Gasteiger partial charge on any atom is -0.493 e. The molecule has 114 valence electrons. The number of carbonyl (C=O) groups is 2. The first-order chi connectivity index (χ1) is 10.1. The van der Waals surface area contributed by atoms with Crippen LogP contribution in [-0.4, -0.2) is 29.6 Å². The second kappa shape index (κ2) is 7.31. The van der Waals surface area contributed by atoms with Crippen LogP contribution in [0.15, 0.2) is 24.3 Å². The van der Waals surface area contributed by atoms with Gasteiger partial charge >= 0.3 is 5.97 Å². The average Bonchev–Trinajstić information content (AvgIpc) is 2.87. The summed E-state index contributed by atoms with van der Waals surface area (Å²) in [7, 11) is 0. The van der Waals surface area contributed by atoms with E-state index >= 15 is 0 Å². The third kappa shape index (κ3) is 4.63. The Kier molecular flexibility index (Phi) is 5.44. The summed E-state index contributed by atoms with van der Waals surface area (Å²) in [5.74, 6) is -0.884. The Bertz CT molecular complexity index is 520. The molecule has 0 saturated heterocycles. The monoisotopic (exact) mass is 311 g/mol. The zero-order valence-electron chi connectivity index (χ0n) is 11.5. The number of halogens is 1. The predicted molar refractivity (Wildman–Crippen MR) is 78.5 cm³/mol. The third-order valence-electron chi connectivity index (χ3n) is 3.57. The SMILES string of the molecule is O=C(CCOc1cccc(Cl)c1)NC1CCCC1C(=O)O. The fourth-order valence-electron chi connectivity index (χ4n) is 2.53. The lowest BCUT2D eigenvalue weighted by atomic mass is 10.0. The van der Waals surface area contributed by atoms with Crippen LogP contribution in [0.3, 0.4) is 0 Å². The molecular weight excluding hydrogens is 294 g/mol. The number of carboxylic acids is 1. The van der Waals surface area contributed by atoms with E-state index in [1.165, 1.54) is 0 Å². The fourth-order valence-corrected chi connectivity index (χ4v) is 2.71. The number of hydrogen-bond acceptors (Lipinski definition) is 3. The zero-order valence-corrected chi connectivity index (χ0v) is 12.3. The van der Waals surface area contributed by atoms with Gasteiger partial charge in [0.15, 0.2) is 0 Å². The van der Waals surface area contributed by atoms with E-state index in [4.69, 9.17) is 21.4 Å². The van der Waals surface area contributed by atoms with Crippen molar-refractivity contribution in [2.45, 2.75) is 31.7 Å². The van der Waals surface area contributed by atoms with Crippen molar-refractivity contribution in [3.63, 3.8) is 0 Å². The van der Waals surface area contributed by atoms with E-state index in [-0.39, 0.29) is 25.0 Å². The average molecular weight is 312 g/mol. The molecule has 2 unspecified atom stereocenters. The first kappa shape index (κ1) is 15.6. The quantitative estimate of drug-likeness (QED) is 0.846. The van der Waals surface area contributed by atoms with E-state index < -0.39 is 11.9 Å². The molecule has 2 rings (SSSR count). The highest BCUT2D eigenvalue weighted by Gasteiger charge is 2.33. The number of aliphatic carboxylic acids is 1. The van der Waals surface area contributed by atoms with Crippen molar-refractivity contribution in [1.29, 1.82) is 0 Å². The van der Waals surface area contributed by atoms with Crippen LogP contribution in [0.4, 0.5) is 0 Å². The van der Waals surface area contributed by atoms with Crippen LogP contribution >= 0.6 is 11.6 Å². The smallest absolute Gasteiger partial charge is 0.308 e. The first-order valence-corrected chi connectivity index (χ1v) is 7.34. The summed E-state index contributed by atoms with van der Waals surface area (Å²) < 4.78 is 5.43. The Hall–Kier alpha value is -1.75. The van der Waals surface area contributed by atoms with E-state index in [1.807, 2.05) is 0 Å². The second-order valence-corrected chi connectivity index (χ2v) is 5.54. The zero-order chi connectivity index (χ0) is 15.2. The summed E-state index contributed by atoms with van der Waals surface area (Å²) in [5, 5.41) is 12.4. The molecular formula is C15H18ClNO4. The van der Waals surface area contributed by atoms with Crippen LogP contribution in [0.1, 0.15) is 25.7 Å². The number of ether oxygens (including phenoxy) is 1. The Balaban J connectivity index is 1.74. The van der Waals surface area contributed by atoms with Gasteiger partial charge in [-0.2, -0.15) is 0 Å². The van der Waals surface area contributed by atoms with Gasteiger partial charge < -0.3 is 15.2 Å². The molecule has 0 bridgehead atoms. The van der Waals surface area contributed by atoms with E-state index in [2.05, 4.69) is 5.32 Å². The molecule has 0 aromatic heterocycles. The Morgan fingerprint density at radius 2 is 2.19 bits per heavy atom. The maximum absolute atomic E-state index is 11.8. The minimum absolute atomic E-state index is 0.185. The molecule has 1 aromatic rings. The highest BCUT2D eigenvalue weighted by molar-refractivity contribution is 6.30. The summed E-state index contributed by atoms with van der Waals surface area (Å²) in [6.45, 7) is 0.233. The number of carbonyl (C=O) groups excluding carboxylic acids is 1. The molecule has 1 aliphatic rings. The molecule has 1 fully saturated rings. The molecule has 1 saturated carbocycles. The summed E-state index contributed by atoms with van der Waals surface area (Å²) in [4.78, 5) is 22.9. The minimum atomic E-state index is -0.840. The van der Waals surface area contributed by atoms with Gasteiger partial charge in [0.05, 0.1) is 18.9 Å². The molecule has 2 atom stereocenters. The molecule has 21 heavy (non-hydrogen) atoms. The van der Waals surface area contributed by atoms with Crippen LogP contribution in [0.2, 0.25) is 5.02 Å². The van der Waals surface area contributed by atoms with E-state index in [0.29, 0.717) is 17.2 Å². The van der Waals surface area contributed by atoms with Crippen LogP contribution < -0.4 is 10.1 Å². The number of carboxylic acid groups (broad SMARTS) is 1. The Morgan fingerprint density at radius 1 is 1.38 bits per heavy atom. The molecule has 0 aliphatic heterocycles. The van der Waals surface area contributed by atoms with Gasteiger partial charge in [-0.05, 0) is 31.0 Å². The maximum Gasteiger partial charge on any atom is 0.308 e. The molecule has 1 aromatic carbocycles. The van der Waals surface area contributed by atoms with Crippen LogP contribution in [0.25, 0.3) is 0 Å². The van der Waals surface area contributed by atoms with E-state index in [1.54, 1.807) is 24.3 Å². The lowest BCUT2D eigenvalue weighted by Crippen LogP contribution is -2.40. The fraction of sp³-hybridized carbons (Fsp3) is 0.467. The third-order valence-corrected chi connectivity index (χ3v) is 3.81. The maximum atomic E-state index is 11.8. The summed E-state index contributed by atoms with van der Waals surface area (Å²) in [5.41, 5.74) is 0. The molecule has 1 amide bonds. The van der Waals surface area contributed by atoms with Gasteiger partial charge in [0, 0.05) is 11.1 Å². The van der Waals surface area contributed by atoms with Crippen molar-refractivity contribution in [3.05, 3.63) is 29.3 Å². The van der Waals surface area contributed by atoms with Gasteiger partial charge in [-0.25, -0.2) is 0 Å². The standard InChI is InChI=1S/C15H18ClNO4/c16-10-3-1-4-11(9-10)21-8-7-14(18)17-13-6-2-5-12(13)15(19)20/h1,3-4,9,12-13H,2,5-8H2,(H,17,18)(H,19,20). The number of amides is 1. The largest absolute Gasteiger partial charge is 0.493 e. The highest BCUT2D eigenvalue weighted by atomic mass is 35.5. The van der Waals surface area contributed by atoms with Gasteiger partial charge in [-0.15, -0.1) is 0 Å². The normalized spacial score (nSPS) is 21.0. The number of rotatable bonds is 6. The van der Waals surface area contributed by atoms with Gasteiger partial charge in [0.25, 0.3) is 0 Å². The van der Waals surface area contributed by atoms with Crippen LogP contribution in [0.5, 0.6) is 5.75 Å². The van der Waals surface area contributed by atoms with Crippen molar-refractivity contribution < 1.29 is 19.4 Å². The summed E-state index contributed by atoms with van der Waals surface area (Å²) in [6, 6.07) is 6.69. The van der Waals surface area contributed by atoms with Crippen LogP contribution in [-0.2, 0) is 9.59 Å². The van der Waals surface area contributed by atoms with Crippen LogP contribution in [0, 0.1) is 5.92 Å². The van der Waals surface area contributed by atoms with Crippen molar-refractivity contribution >= 4 is 23.5 Å². The Labute approximate surface area is 128 Å². The van der Waals surface area contributed by atoms with E-state index in [9.17, 15) is 9.59 Å². The van der Waals surface area contributed by atoms with Crippen molar-refractivity contribution in [3.8, 4) is 5.75 Å². The second-order valence-electron chi connectivity index (χ2n) is 5.11. The summed E-state index contributed by atoms with van der Waals surface area (Å²) in [6.07, 6.45) is 2.37. The van der Waals surface area contributed by atoms with Gasteiger partial charge in [-0.3, -0.25) is 9.59 Å². The van der Waals surface area contributed by atoms with Crippen molar-refractivity contribution in [1.82, 2.24) is 5.32 Å². The lowest BCUT2D eigenvalue weighted by molar-refractivity contribution is -0.142. The number of benzene rings is 1. The molecule has 6 heteroatoms. The predicted octanol–water partition coefficient (Wildman–Crippen LogP) is 2.48. The topological polar surface area (TPSA) is 75.6 Å². The summed E-state index contributed by atoms with van der Waals surface area (Å²) >= 11 is 5.83. The lowest BCUT2D eigenvalue weighted by Gasteiger charge is -2.17. The van der Waals surface area contributed by atoms with Gasteiger partial charge in [-0.1, -0.05) is 24.1 Å². The molecule has 1 aliphatic carbocycles. The number of nitrogens with one attached hydrogen (secondary N) is 1. The number of hydrogen-bond donors (Lipinski definition) is 2. The van der Waals surface area contributed by atoms with Gasteiger partial charge in [0.2, 0.25) is 5.91 Å². The van der Waals surface area contributed by atoms with Gasteiger partial charge in [0.1, 0.15) is 5.75 Å². The Morgan fingerprint density at radius 3 is 2.90 bits per heavy atom. The molecule has 5 nitrogen and oxygen atoms in total. The first-order valence-electron chi connectivity index (χ1n) is 6.97. The van der Waals surface area contributed by atoms with Crippen molar-refractivity contribution in [2.24, 2.45) is 5.92 Å². The molecule has 0 spiro atoms. The molecule has 2 N–H and O–H groups in total.